The Hall–Kier alpha value is -0.660. The Balaban J connectivity index is 2.36. The molecule has 20 heavy (non-hydrogen) atoms. The summed E-state index contributed by atoms with van der Waals surface area (Å²) in [4.78, 5) is 11.3. The average molecular weight is 385 g/mol. The van der Waals surface area contributed by atoms with Gasteiger partial charge in [0, 0.05) is 21.2 Å². The highest BCUT2D eigenvalue weighted by Gasteiger charge is 2.25. The van der Waals surface area contributed by atoms with E-state index < -0.39 is 25.7 Å². The number of rotatable bonds is 3. The van der Waals surface area contributed by atoms with Crippen molar-refractivity contribution in [1.29, 1.82) is 0 Å². The maximum atomic E-state index is 14.1. The number of carbonyl (C=O) groups excluding carboxylic acids is 1. The third-order valence-electron chi connectivity index (χ3n) is 3.20. The van der Waals surface area contributed by atoms with E-state index in [1.165, 1.54) is 6.07 Å². The van der Waals surface area contributed by atoms with Gasteiger partial charge in [-0.25, -0.2) is 12.8 Å². The van der Waals surface area contributed by atoms with Crippen LogP contribution in [0.4, 0.5) is 4.39 Å². The first-order chi connectivity index (χ1) is 9.29. The second kappa shape index (κ2) is 5.99. The molecule has 1 amide bonds. The van der Waals surface area contributed by atoms with Gasteiger partial charge >= 0.3 is 0 Å². The minimum absolute atomic E-state index is 0.0111. The lowest BCUT2D eigenvalue weighted by Gasteiger charge is -2.13. The number of hydrogen-bond acceptors (Lipinski definition) is 3. The number of halogens is 3. The maximum absolute atomic E-state index is 14.1. The van der Waals surface area contributed by atoms with Crippen LogP contribution >= 0.6 is 26.6 Å². The van der Waals surface area contributed by atoms with Crippen LogP contribution in [-0.4, -0.2) is 20.4 Å². The molecule has 0 unspecified atom stereocenters. The van der Waals surface area contributed by atoms with Crippen molar-refractivity contribution in [2.45, 2.75) is 36.6 Å². The molecule has 1 N–H and O–H groups in total. The molecule has 0 atom stereocenters. The lowest BCUT2D eigenvalue weighted by Crippen LogP contribution is -2.33. The van der Waals surface area contributed by atoms with E-state index in [-0.39, 0.29) is 16.1 Å². The predicted octanol–water partition coefficient (Wildman–Crippen LogP) is 3.19. The summed E-state index contributed by atoms with van der Waals surface area (Å²) in [6, 6.07) is 2.28. The van der Waals surface area contributed by atoms with E-state index in [0.717, 1.165) is 31.7 Å². The summed E-state index contributed by atoms with van der Waals surface area (Å²) in [5, 5.41) is 2.70. The molecule has 0 spiro atoms. The van der Waals surface area contributed by atoms with Crippen LogP contribution in [0.1, 0.15) is 36.0 Å². The van der Waals surface area contributed by atoms with Gasteiger partial charge in [-0.15, -0.1) is 0 Å². The highest BCUT2D eigenvalue weighted by atomic mass is 79.9. The highest BCUT2D eigenvalue weighted by Crippen LogP contribution is 2.27. The molecule has 1 aliphatic rings. The van der Waals surface area contributed by atoms with E-state index in [1.54, 1.807) is 0 Å². The van der Waals surface area contributed by atoms with E-state index in [9.17, 15) is 17.6 Å². The predicted molar refractivity (Wildman–Crippen MR) is 76.9 cm³/mol. The molecule has 1 aromatic carbocycles. The fourth-order valence-electron chi connectivity index (χ4n) is 2.24. The van der Waals surface area contributed by atoms with Crippen LogP contribution in [-0.2, 0) is 9.05 Å². The molecule has 4 nitrogen and oxygen atoms in total. The standard InChI is InChI=1S/C12H12BrClFNO3S/c13-7-5-9(11(15)10(6-7)20(14,18)19)12(17)16-8-3-1-2-4-8/h5-6,8H,1-4H2,(H,16,17). The normalized spacial score (nSPS) is 16.4. The van der Waals surface area contributed by atoms with E-state index >= 15 is 0 Å². The maximum Gasteiger partial charge on any atom is 0.264 e. The molecule has 0 bridgehead atoms. The van der Waals surface area contributed by atoms with Crippen LogP contribution < -0.4 is 5.32 Å². The molecule has 0 radical (unpaired) electrons. The number of nitrogens with one attached hydrogen (secondary N) is 1. The molecule has 1 aromatic rings. The van der Waals surface area contributed by atoms with Crippen molar-refractivity contribution < 1.29 is 17.6 Å². The Morgan fingerprint density at radius 3 is 2.50 bits per heavy atom. The highest BCUT2D eigenvalue weighted by molar-refractivity contribution is 9.10. The van der Waals surface area contributed by atoms with E-state index in [4.69, 9.17) is 10.7 Å². The number of benzene rings is 1. The molecule has 0 aromatic heterocycles. The third kappa shape index (κ3) is 3.51. The van der Waals surface area contributed by atoms with Crippen molar-refractivity contribution in [3.63, 3.8) is 0 Å². The van der Waals surface area contributed by atoms with Gasteiger partial charge < -0.3 is 5.32 Å². The first-order valence-electron chi connectivity index (χ1n) is 6.03. The molecule has 1 aliphatic carbocycles. The zero-order valence-corrected chi connectivity index (χ0v) is 13.5. The van der Waals surface area contributed by atoms with Crippen LogP contribution in [0.3, 0.4) is 0 Å². The largest absolute Gasteiger partial charge is 0.349 e. The number of hydrogen-bond donors (Lipinski definition) is 1. The summed E-state index contributed by atoms with van der Waals surface area (Å²) in [5.41, 5.74) is -0.328. The molecule has 1 saturated carbocycles. The van der Waals surface area contributed by atoms with Crippen molar-refractivity contribution in [3.05, 3.63) is 28.0 Å². The van der Waals surface area contributed by atoms with Gasteiger partial charge in [-0.2, -0.15) is 0 Å². The van der Waals surface area contributed by atoms with Crippen molar-refractivity contribution in [2.75, 3.05) is 0 Å². The second-order valence-corrected chi connectivity index (χ2v) is 8.11. The lowest BCUT2D eigenvalue weighted by molar-refractivity contribution is 0.0933. The Morgan fingerprint density at radius 2 is 1.95 bits per heavy atom. The summed E-state index contributed by atoms with van der Waals surface area (Å²) in [6.45, 7) is 0. The Kier molecular flexibility index (Phi) is 4.71. The van der Waals surface area contributed by atoms with Crippen LogP contribution in [0.15, 0.2) is 21.5 Å². The minimum Gasteiger partial charge on any atom is -0.349 e. The van der Waals surface area contributed by atoms with Gasteiger partial charge in [0.25, 0.3) is 15.0 Å². The summed E-state index contributed by atoms with van der Waals surface area (Å²) < 4.78 is 37.0. The van der Waals surface area contributed by atoms with Crippen molar-refractivity contribution in [1.82, 2.24) is 5.32 Å². The molecular formula is C12H12BrClFNO3S. The Labute approximate surface area is 129 Å². The van der Waals surface area contributed by atoms with Crippen LogP contribution in [0, 0.1) is 5.82 Å². The minimum atomic E-state index is -4.25. The van der Waals surface area contributed by atoms with Gasteiger partial charge in [0.1, 0.15) is 4.90 Å². The van der Waals surface area contributed by atoms with Crippen LogP contribution in [0.5, 0.6) is 0 Å². The molecule has 110 valence electrons. The SMILES string of the molecule is O=C(NC1CCCC1)c1cc(Br)cc(S(=O)(=O)Cl)c1F. The van der Waals surface area contributed by atoms with E-state index in [1.807, 2.05) is 0 Å². The zero-order valence-electron chi connectivity index (χ0n) is 10.3. The van der Waals surface area contributed by atoms with E-state index in [0.29, 0.717) is 0 Å². The molecule has 2 rings (SSSR count). The molecule has 0 aliphatic heterocycles. The summed E-state index contributed by atoms with van der Waals surface area (Å²) in [5.74, 6) is -1.75. The van der Waals surface area contributed by atoms with Crippen LogP contribution in [0.2, 0.25) is 0 Å². The molecule has 0 saturated heterocycles. The van der Waals surface area contributed by atoms with Gasteiger partial charge in [0.15, 0.2) is 5.82 Å². The smallest absolute Gasteiger partial charge is 0.264 e. The first kappa shape index (κ1) is 15.7. The monoisotopic (exact) mass is 383 g/mol. The number of carbonyl (C=O) groups is 1. The third-order valence-corrected chi connectivity index (χ3v) is 4.98. The summed E-state index contributed by atoms with van der Waals surface area (Å²) in [7, 11) is 0.910. The molecule has 1 fully saturated rings. The van der Waals surface area contributed by atoms with Gasteiger partial charge in [0.2, 0.25) is 0 Å². The average Bonchev–Trinajstić information content (AvgIpc) is 2.83. The first-order valence-corrected chi connectivity index (χ1v) is 9.14. The lowest BCUT2D eigenvalue weighted by atomic mass is 10.1. The summed E-state index contributed by atoms with van der Waals surface area (Å²) in [6.07, 6.45) is 3.74. The molecular weight excluding hydrogens is 373 g/mol. The zero-order chi connectivity index (χ0) is 14.9. The Morgan fingerprint density at radius 1 is 1.35 bits per heavy atom. The van der Waals surface area contributed by atoms with Gasteiger partial charge in [-0.05, 0) is 25.0 Å². The van der Waals surface area contributed by atoms with Crippen LogP contribution in [0.25, 0.3) is 0 Å². The molecule has 0 heterocycles. The second-order valence-electron chi connectivity index (χ2n) is 4.66. The Bertz CT molecular complexity index is 644. The topological polar surface area (TPSA) is 63.2 Å². The quantitative estimate of drug-likeness (QED) is 0.814. The fourth-order valence-corrected chi connectivity index (χ4v) is 3.78. The van der Waals surface area contributed by atoms with E-state index in [2.05, 4.69) is 21.2 Å². The van der Waals surface area contributed by atoms with Crippen molar-refractivity contribution in [3.8, 4) is 0 Å². The van der Waals surface area contributed by atoms with Crippen molar-refractivity contribution in [2.24, 2.45) is 0 Å². The van der Waals surface area contributed by atoms with Gasteiger partial charge in [-0.3, -0.25) is 4.79 Å². The van der Waals surface area contributed by atoms with Gasteiger partial charge in [0.05, 0.1) is 5.56 Å². The fraction of sp³-hybridized carbons (Fsp3) is 0.417. The summed E-state index contributed by atoms with van der Waals surface area (Å²) >= 11 is 3.05. The van der Waals surface area contributed by atoms with Gasteiger partial charge in [-0.1, -0.05) is 28.8 Å². The number of amides is 1. The van der Waals surface area contributed by atoms with Crippen molar-refractivity contribution >= 4 is 41.6 Å². The molecule has 8 heteroatoms.